The van der Waals surface area contributed by atoms with Crippen LogP contribution in [0.4, 0.5) is 0 Å². The normalized spacial score (nSPS) is 13.3. The van der Waals surface area contributed by atoms with Crippen LogP contribution in [0.25, 0.3) is 0 Å². The van der Waals surface area contributed by atoms with Crippen LogP contribution >= 0.6 is 0 Å². The Balaban J connectivity index is -0.000000214. The van der Waals surface area contributed by atoms with Crippen LogP contribution in [0.15, 0.2) is 24.3 Å². The van der Waals surface area contributed by atoms with Gasteiger partial charge in [-0.3, -0.25) is 0 Å². The van der Waals surface area contributed by atoms with Gasteiger partial charge >= 0.3 is 0 Å². The Morgan fingerprint density at radius 1 is 0.151 bits per heavy atom. The summed E-state index contributed by atoms with van der Waals surface area (Å²) in [5.41, 5.74) is 9.98. The Morgan fingerprint density at radius 2 is 0.292 bits per heavy atom. The Morgan fingerprint density at radius 3 is 0.425 bits per heavy atom. The number of rotatable bonds is 29. The minimum absolute atomic E-state index is 0.349. The number of benzene rings is 1. The fourth-order valence-corrected chi connectivity index (χ4v) is 10.0. The summed E-state index contributed by atoms with van der Waals surface area (Å²) in [6.07, 6.45) is 22.5. The van der Waals surface area contributed by atoms with Gasteiger partial charge in [0.1, 0.15) is 0 Å². The van der Waals surface area contributed by atoms with Crippen molar-refractivity contribution in [2.24, 2.45) is 86.6 Å². The first-order valence-corrected chi connectivity index (χ1v) is 43.1. The highest BCUT2D eigenvalue weighted by Gasteiger charge is 2.22. The molecule has 106 heavy (non-hydrogen) atoms. The van der Waals surface area contributed by atoms with E-state index in [1.54, 1.807) is 0 Å². The van der Waals surface area contributed by atoms with Crippen molar-refractivity contribution < 1.29 is 28.4 Å². The molecule has 0 amide bonds. The highest BCUT2D eigenvalue weighted by molar-refractivity contribution is 5.24. The van der Waals surface area contributed by atoms with E-state index in [1.165, 1.54) is 75.3 Å². The fraction of sp³-hybridized carbons (Fsp3) is 0.940. The SMILES string of the molecule is CC(C)(C)CC(C)(C)C.CC(C)(C)CCC(C)(C)C.CC(C)(C)CCCC(C)(C)C.CC(C)(C)CCCCC(C)(C)C.CC(C)(C)CCOCCC(C)(C)C.CC(C)(C)CCOCCOCCC(C)(C)C.CC(C)(C)CCOCCOCCOCCC(C)(C)C.CC(C)(C)Cc1ccc(CC(C)(C)C)cc1. The molecule has 0 atom stereocenters. The van der Waals surface area contributed by atoms with Gasteiger partial charge in [-0.15, -0.1) is 0 Å². The molecule has 0 fully saturated rings. The number of hydrogen-bond donors (Lipinski definition) is 0. The van der Waals surface area contributed by atoms with Crippen molar-refractivity contribution in [2.75, 3.05) is 79.3 Å². The molecule has 6 nitrogen and oxygen atoms in total. The first kappa shape index (κ1) is 118. The second-order valence-corrected chi connectivity index (χ2v) is 51.1. The van der Waals surface area contributed by atoms with E-state index in [2.05, 4.69) is 357 Å². The molecule has 0 aliphatic rings. The predicted molar refractivity (Wildman–Crippen MR) is 484 cm³/mol. The van der Waals surface area contributed by atoms with E-state index in [4.69, 9.17) is 28.4 Å². The van der Waals surface area contributed by atoms with E-state index in [9.17, 15) is 0 Å². The quantitative estimate of drug-likeness (QED) is 0.0745. The average Bonchev–Trinajstić information content (AvgIpc) is 0.869. The van der Waals surface area contributed by atoms with Crippen molar-refractivity contribution >= 4 is 0 Å². The molecule has 1 rings (SSSR count). The van der Waals surface area contributed by atoms with Crippen molar-refractivity contribution in [1.29, 1.82) is 0 Å². The molecule has 0 N–H and O–H groups in total. The molecule has 0 saturated heterocycles. The van der Waals surface area contributed by atoms with Crippen LogP contribution in [-0.4, -0.2) is 79.3 Å². The van der Waals surface area contributed by atoms with Crippen LogP contribution in [0, 0.1) is 86.6 Å². The van der Waals surface area contributed by atoms with Crippen LogP contribution in [0.5, 0.6) is 0 Å². The fourth-order valence-electron chi connectivity index (χ4n) is 10.0. The molecule has 0 saturated carbocycles. The lowest BCUT2D eigenvalue weighted by atomic mass is 9.78. The first-order valence-electron chi connectivity index (χ1n) is 43.1. The van der Waals surface area contributed by atoms with E-state index >= 15 is 0 Å². The van der Waals surface area contributed by atoms with Gasteiger partial charge in [0, 0.05) is 39.6 Å². The average molecular weight is 1510 g/mol. The summed E-state index contributed by atoms with van der Waals surface area (Å²) in [4.78, 5) is 0. The van der Waals surface area contributed by atoms with Gasteiger partial charge in [-0.1, -0.05) is 376 Å². The topological polar surface area (TPSA) is 55.4 Å². The van der Waals surface area contributed by atoms with Crippen molar-refractivity contribution in [3.8, 4) is 0 Å². The predicted octanol–water partition coefficient (Wildman–Crippen LogP) is 32.8. The monoisotopic (exact) mass is 1510 g/mol. The zero-order valence-corrected chi connectivity index (χ0v) is 83.0. The molecule has 0 aliphatic heterocycles. The number of unbranched alkanes of at least 4 members (excludes halogenated alkanes) is 1. The van der Waals surface area contributed by atoms with Crippen LogP contribution in [0.1, 0.15) is 446 Å². The lowest BCUT2D eigenvalue weighted by Crippen LogP contribution is -2.16. The van der Waals surface area contributed by atoms with Gasteiger partial charge in [0.05, 0.1) is 39.6 Å². The van der Waals surface area contributed by atoms with Gasteiger partial charge in [0.2, 0.25) is 0 Å². The number of hydrogen-bond acceptors (Lipinski definition) is 6. The van der Waals surface area contributed by atoms with Crippen LogP contribution in [0.3, 0.4) is 0 Å². The lowest BCUT2D eigenvalue weighted by Gasteiger charge is -2.28. The van der Waals surface area contributed by atoms with Gasteiger partial charge in [-0.25, -0.2) is 0 Å². The molecule has 1 aromatic carbocycles. The zero-order valence-electron chi connectivity index (χ0n) is 83.0. The third-order valence-electron chi connectivity index (χ3n) is 16.2. The molecule has 0 radical (unpaired) electrons. The molecule has 6 heteroatoms. The van der Waals surface area contributed by atoms with Crippen molar-refractivity contribution in [3.63, 3.8) is 0 Å². The minimum atomic E-state index is 0.349. The van der Waals surface area contributed by atoms with Crippen LogP contribution < -0.4 is 0 Å². The summed E-state index contributed by atoms with van der Waals surface area (Å²) in [7, 11) is 0. The van der Waals surface area contributed by atoms with Crippen molar-refractivity contribution in [3.05, 3.63) is 35.4 Å². The maximum absolute atomic E-state index is 5.59. The summed E-state index contributed by atoms with van der Waals surface area (Å²) in [6.45, 7) is 119. The molecule has 0 aliphatic carbocycles. The first-order chi connectivity index (χ1) is 46.6. The zero-order chi connectivity index (χ0) is 85.4. The standard InChI is InChI=1S/C16H34O3.C16H26.C14H30O2.C12H26O.C12H26.C11H24.C10H22.C9H20/c1-15(2,3)7-9-17-11-13-19-14-12-18-10-8-16(4,5)6;1-15(2,3)11-13-7-9-14(10-8-13)12-16(4,5)6;1-13(2,3)7-9-15-11-12-16-10-8-14(4,5)6;1-11(2,3)7-9-13-10-8-12(4,5)6;1-11(2,3)9-7-8-10-12(4,5)6;1-10(2,3)8-7-9-11(4,5)6;1-9(2,3)7-8-10(4,5)6;1-8(2,3)7-9(4,5)6/h7-14H2,1-6H3;7-10H,11-12H2,1-6H3;7-12H2,1-6H3;7-10H2,1-6H3;7-10H2,1-6H3;7-9H2,1-6H3;7-8H2,1-6H3;7H2,1-6H3. The molecule has 0 bridgehead atoms. The summed E-state index contributed by atoms with van der Waals surface area (Å²) in [6, 6.07) is 9.14. The molecular formula is C100H208O6. The highest BCUT2D eigenvalue weighted by Crippen LogP contribution is 2.34. The Labute approximate surface area is 673 Å². The molecule has 0 heterocycles. The highest BCUT2D eigenvalue weighted by atomic mass is 16.5. The van der Waals surface area contributed by atoms with Gasteiger partial charge in [-0.05, 0) is 194 Å². The summed E-state index contributed by atoms with van der Waals surface area (Å²) < 4.78 is 33.1. The van der Waals surface area contributed by atoms with E-state index in [1.807, 2.05) is 0 Å². The molecule has 644 valence electrons. The van der Waals surface area contributed by atoms with E-state index in [0.717, 1.165) is 104 Å². The second kappa shape index (κ2) is 55.5. The minimum Gasteiger partial charge on any atom is -0.381 e. The van der Waals surface area contributed by atoms with Crippen molar-refractivity contribution in [1.82, 2.24) is 0 Å². The number of ether oxygens (including phenoxy) is 6. The lowest BCUT2D eigenvalue weighted by molar-refractivity contribution is 0.00679. The van der Waals surface area contributed by atoms with Gasteiger partial charge < -0.3 is 28.4 Å². The molecular weight excluding hydrogens is 1300 g/mol. The third kappa shape index (κ3) is 138. The van der Waals surface area contributed by atoms with E-state index in [-0.39, 0.29) is 0 Å². The Kier molecular flexibility index (Phi) is 61.9. The maximum atomic E-state index is 5.59. The second-order valence-electron chi connectivity index (χ2n) is 51.1. The Hall–Kier alpha value is -1.02. The smallest absolute Gasteiger partial charge is 0.0701 e. The van der Waals surface area contributed by atoms with Crippen molar-refractivity contribution in [2.45, 2.75) is 448 Å². The molecule has 1 aromatic rings. The summed E-state index contributed by atoms with van der Waals surface area (Å²) >= 11 is 0. The van der Waals surface area contributed by atoms with Crippen LogP contribution in [-0.2, 0) is 41.3 Å². The largest absolute Gasteiger partial charge is 0.381 e. The summed E-state index contributed by atoms with van der Waals surface area (Å²) in [5, 5.41) is 0. The summed E-state index contributed by atoms with van der Waals surface area (Å²) in [5.74, 6) is 0. The Bertz CT molecular complexity index is 1930. The van der Waals surface area contributed by atoms with E-state index < -0.39 is 0 Å². The third-order valence-corrected chi connectivity index (χ3v) is 16.2. The van der Waals surface area contributed by atoms with Gasteiger partial charge in [-0.2, -0.15) is 0 Å². The molecule has 0 aromatic heterocycles. The maximum Gasteiger partial charge on any atom is 0.0701 e. The van der Waals surface area contributed by atoms with Crippen LogP contribution in [0.2, 0.25) is 0 Å². The molecule has 0 unspecified atom stereocenters. The van der Waals surface area contributed by atoms with Gasteiger partial charge in [0.25, 0.3) is 0 Å². The van der Waals surface area contributed by atoms with E-state index in [0.29, 0.717) is 113 Å². The molecule has 0 spiro atoms. The van der Waals surface area contributed by atoms with Gasteiger partial charge in [0.15, 0.2) is 0 Å².